The fourth-order valence-corrected chi connectivity index (χ4v) is 1.71. The van der Waals surface area contributed by atoms with Crippen LogP contribution in [-0.2, 0) is 12.8 Å². The minimum atomic E-state index is 0.999. The lowest BCUT2D eigenvalue weighted by Gasteiger charge is -2.09. The predicted octanol–water partition coefficient (Wildman–Crippen LogP) is 4.66. The highest BCUT2D eigenvalue weighted by Gasteiger charge is 1.98. The van der Waals surface area contributed by atoms with E-state index < -0.39 is 0 Å². The van der Waals surface area contributed by atoms with E-state index in [0.717, 1.165) is 13.0 Å². The highest BCUT2D eigenvalue weighted by molar-refractivity contribution is 5.48. The van der Waals surface area contributed by atoms with E-state index in [2.05, 4.69) is 44.3 Å². The molecule has 1 aromatic rings. The molecule has 0 fully saturated rings. The van der Waals surface area contributed by atoms with Gasteiger partial charge in [0.05, 0.1) is 0 Å². The average Bonchev–Trinajstić information content (AvgIpc) is 2.32. The molecule has 0 aliphatic heterocycles. The summed E-state index contributed by atoms with van der Waals surface area (Å²) < 4.78 is 0. The van der Waals surface area contributed by atoms with Crippen LogP contribution in [0.4, 0.5) is 5.69 Å². The van der Waals surface area contributed by atoms with E-state index in [1.807, 2.05) is 13.8 Å². The molecule has 0 unspecified atom stereocenters. The number of hydrogen-bond donors (Lipinski definition) is 1. The molecule has 0 saturated heterocycles. The second-order valence-corrected chi connectivity index (χ2v) is 3.67. The van der Waals surface area contributed by atoms with Crippen LogP contribution in [0, 0.1) is 0 Å². The third-order valence-corrected chi connectivity index (χ3v) is 2.38. The summed E-state index contributed by atoms with van der Waals surface area (Å²) in [5.41, 5.74) is 4.17. The Kier molecular flexibility index (Phi) is 8.69. The van der Waals surface area contributed by atoms with Gasteiger partial charge in [-0.05, 0) is 43.0 Å². The highest BCUT2D eigenvalue weighted by atomic mass is 14.8. The van der Waals surface area contributed by atoms with E-state index in [9.17, 15) is 0 Å². The van der Waals surface area contributed by atoms with E-state index in [1.54, 1.807) is 0 Å². The number of rotatable bonds is 5. The Bertz CT molecular complexity index is 255. The summed E-state index contributed by atoms with van der Waals surface area (Å²) >= 11 is 0. The van der Waals surface area contributed by atoms with Crippen LogP contribution in [0.3, 0.4) is 0 Å². The second kappa shape index (κ2) is 9.26. The molecule has 1 rings (SSSR count). The van der Waals surface area contributed by atoms with Gasteiger partial charge < -0.3 is 5.32 Å². The van der Waals surface area contributed by atoms with Crippen LogP contribution in [-0.4, -0.2) is 6.54 Å². The van der Waals surface area contributed by atoms with E-state index in [1.165, 1.54) is 29.7 Å². The van der Waals surface area contributed by atoms with Gasteiger partial charge in [0.25, 0.3) is 0 Å². The zero-order valence-corrected chi connectivity index (χ0v) is 11.6. The maximum Gasteiger partial charge on any atom is 0.0345 e. The second-order valence-electron chi connectivity index (χ2n) is 3.67. The Morgan fingerprint density at radius 1 is 0.938 bits per heavy atom. The van der Waals surface area contributed by atoms with Gasteiger partial charge in [0.15, 0.2) is 0 Å². The van der Waals surface area contributed by atoms with Crippen molar-refractivity contribution in [2.24, 2.45) is 0 Å². The van der Waals surface area contributed by atoms with Crippen LogP contribution in [0.5, 0.6) is 0 Å². The summed E-state index contributed by atoms with van der Waals surface area (Å²) in [4.78, 5) is 0. The van der Waals surface area contributed by atoms with Crippen molar-refractivity contribution in [2.75, 3.05) is 11.9 Å². The van der Waals surface area contributed by atoms with Crippen molar-refractivity contribution in [1.82, 2.24) is 0 Å². The van der Waals surface area contributed by atoms with Gasteiger partial charge in [-0.25, -0.2) is 0 Å². The first kappa shape index (κ1) is 15.0. The number of aryl methyl sites for hydroxylation is 2. The number of anilines is 1. The molecule has 0 aliphatic rings. The fourth-order valence-electron chi connectivity index (χ4n) is 1.71. The van der Waals surface area contributed by atoms with Crippen molar-refractivity contribution >= 4 is 5.69 Å². The molecule has 1 aromatic carbocycles. The van der Waals surface area contributed by atoms with Crippen LogP contribution in [0.1, 0.15) is 52.2 Å². The topological polar surface area (TPSA) is 12.0 Å². The fraction of sp³-hybridized carbons (Fsp3) is 0.600. The molecule has 0 radical (unpaired) electrons. The van der Waals surface area contributed by atoms with Crippen molar-refractivity contribution in [3.05, 3.63) is 29.3 Å². The van der Waals surface area contributed by atoms with Crippen LogP contribution in [0.25, 0.3) is 0 Å². The molecule has 1 heteroatoms. The normalized spacial score (nSPS) is 9.31. The minimum absolute atomic E-state index is 0.999. The van der Waals surface area contributed by atoms with Crippen LogP contribution in [0.15, 0.2) is 18.2 Å². The average molecular weight is 221 g/mol. The summed E-state index contributed by atoms with van der Waals surface area (Å²) in [5.74, 6) is 0. The quantitative estimate of drug-likeness (QED) is 0.762. The molecule has 0 aromatic heterocycles. The molecule has 92 valence electrons. The highest BCUT2D eigenvalue weighted by Crippen LogP contribution is 2.16. The summed E-state index contributed by atoms with van der Waals surface area (Å²) in [7, 11) is 0. The Labute approximate surface area is 101 Å². The van der Waals surface area contributed by atoms with Gasteiger partial charge in [0, 0.05) is 12.2 Å². The first-order valence-corrected chi connectivity index (χ1v) is 6.66. The zero-order chi connectivity index (χ0) is 12.4. The molecule has 1 nitrogen and oxygen atoms in total. The summed E-state index contributed by atoms with van der Waals surface area (Å²) in [6.07, 6.45) is 3.53. The first-order valence-electron chi connectivity index (χ1n) is 6.66. The smallest absolute Gasteiger partial charge is 0.0345 e. The molecule has 0 bridgehead atoms. The Morgan fingerprint density at radius 2 is 1.56 bits per heavy atom. The van der Waals surface area contributed by atoms with Gasteiger partial charge in [-0.3, -0.25) is 0 Å². The molecule has 0 heterocycles. The number of nitrogens with one attached hydrogen (secondary N) is 1. The molecular weight excluding hydrogens is 194 g/mol. The monoisotopic (exact) mass is 221 g/mol. The van der Waals surface area contributed by atoms with Crippen molar-refractivity contribution in [2.45, 2.75) is 53.9 Å². The van der Waals surface area contributed by atoms with Crippen molar-refractivity contribution in [3.8, 4) is 0 Å². The van der Waals surface area contributed by atoms with Gasteiger partial charge in [0.1, 0.15) is 0 Å². The molecule has 0 spiro atoms. The lowest BCUT2D eigenvalue weighted by molar-refractivity contribution is 0.917. The molecular formula is C15H27N. The third-order valence-electron chi connectivity index (χ3n) is 2.38. The summed E-state index contributed by atoms with van der Waals surface area (Å²) in [5, 5.41) is 3.38. The maximum atomic E-state index is 3.38. The minimum Gasteiger partial charge on any atom is -0.385 e. The van der Waals surface area contributed by atoms with Crippen LogP contribution >= 0.6 is 0 Å². The molecule has 0 aliphatic carbocycles. The first-order chi connectivity index (χ1) is 7.80. The van der Waals surface area contributed by atoms with Gasteiger partial charge in [-0.1, -0.05) is 40.2 Å². The standard InChI is InChI=1S/C13H21N.C2H6/c1-4-7-12-8-11(5-2)9-13(10-12)14-6-3;1-2/h8-10,14H,4-7H2,1-3H3;1-2H3. The van der Waals surface area contributed by atoms with E-state index in [0.29, 0.717) is 0 Å². The third kappa shape index (κ3) is 5.20. The predicted molar refractivity (Wildman–Crippen MR) is 75.3 cm³/mol. The van der Waals surface area contributed by atoms with E-state index >= 15 is 0 Å². The lowest BCUT2D eigenvalue weighted by atomic mass is 10.0. The lowest BCUT2D eigenvalue weighted by Crippen LogP contribution is -1.99. The molecule has 1 N–H and O–H groups in total. The zero-order valence-electron chi connectivity index (χ0n) is 11.6. The number of benzene rings is 1. The van der Waals surface area contributed by atoms with Crippen molar-refractivity contribution < 1.29 is 0 Å². The number of hydrogen-bond acceptors (Lipinski definition) is 1. The Balaban J connectivity index is 0.00000106. The van der Waals surface area contributed by atoms with E-state index in [-0.39, 0.29) is 0 Å². The molecule has 16 heavy (non-hydrogen) atoms. The van der Waals surface area contributed by atoms with Gasteiger partial charge in [-0.15, -0.1) is 0 Å². The molecule has 0 amide bonds. The summed E-state index contributed by atoms with van der Waals surface area (Å²) in [6.45, 7) is 11.6. The Hall–Kier alpha value is -0.980. The van der Waals surface area contributed by atoms with Crippen molar-refractivity contribution in [1.29, 1.82) is 0 Å². The van der Waals surface area contributed by atoms with Crippen LogP contribution in [0.2, 0.25) is 0 Å². The van der Waals surface area contributed by atoms with E-state index in [4.69, 9.17) is 0 Å². The molecule has 0 atom stereocenters. The van der Waals surface area contributed by atoms with Gasteiger partial charge >= 0.3 is 0 Å². The molecule has 0 saturated carbocycles. The maximum absolute atomic E-state index is 3.38. The largest absolute Gasteiger partial charge is 0.385 e. The SMILES string of the molecule is CC.CCCc1cc(CC)cc(NCC)c1. The summed E-state index contributed by atoms with van der Waals surface area (Å²) in [6, 6.07) is 6.85. The van der Waals surface area contributed by atoms with Gasteiger partial charge in [-0.2, -0.15) is 0 Å². The Morgan fingerprint density at radius 3 is 2.06 bits per heavy atom. The van der Waals surface area contributed by atoms with Crippen LogP contribution < -0.4 is 5.32 Å². The van der Waals surface area contributed by atoms with Crippen molar-refractivity contribution in [3.63, 3.8) is 0 Å². The van der Waals surface area contributed by atoms with Gasteiger partial charge in [0.2, 0.25) is 0 Å².